The Morgan fingerprint density at radius 3 is 0.882 bits per heavy atom. The first kappa shape index (κ1) is 79.8. The Hall–Kier alpha value is -18.3. The lowest BCUT2D eigenvalue weighted by Gasteiger charge is -2.26. The zero-order valence-corrected chi connectivity index (χ0v) is 74.1. The lowest BCUT2D eigenvalue weighted by molar-refractivity contribution is 1.18. The van der Waals surface area contributed by atoms with Gasteiger partial charge < -0.3 is 23.5 Å². The number of fused-ring (bicyclic) bond motifs is 1. The van der Waals surface area contributed by atoms with Gasteiger partial charge in [0, 0.05) is 126 Å². The van der Waals surface area contributed by atoms with E-state index in [0.29, 0.717) is 0 Å². The molecule has 0 bridgehead atoms. The first-order valence-electron chi connectivity index (χ1n) is 46.2. The molecule has 638 valence electrons. The molecule has 0 aliphatic rings. The molecule has 0 radical (unpaired) electrons. The maximum Gasteiger partial charge on any atom is 0.137 e. The molecule has 0 aliphatic carbocycles. The van der Waals surface area contributed by atoms with Crippen molar-refractivity contribution in [2.45, 2.75) is 0 Å². The fraction of sp³-hybridized carbons (Fsp3) is 0. The quantitative estimate of drug-likeness (QED) is 0.0847. The number of hydrogen-bond donors (Lipinski definition) is 0. The number of pyridine rings is 3. The lowest BCUT2D eigenvalue weighted by atomic mass is 9.94. The van der Waals surface area contributed by atoms with Crippen LogP contribution in [0, 0.1) is 0 Å². The van der Waals surface area contributed by atoms with E-state index in [1.165, 1.54) is 165 Å². The van der Waals surface area contributed by atoms with Crippen LogP contribution in [-0.2, 0) is 0 Å². The van der Waals surface area contributed by atoms with Crippen LogP contribution < -0.4 is 14.7 Å². The largest absolute Gasteiger partial charge is 0.311 e. The molecule has 0 spiro atoms. The van der Waals surface area contributed by atoms with E-state index in [0.717, 1.165) is 68.0 Å². The molecule has 0 saturated heterocycles. The Balaban J connectivity index is 0.000000109. The summed E-state index contributed by atoms with van der Waals surface area (Å²) in [7, 11) is 0. The molecular weight excluding hydrogens is 1650 g/mol. The summed E-state index contributed by atoms with van der Waals surface area (Å²) < 4.78 is 7.19. The van der Waals surface area contributed by atoms with Gasteiger partial charge in [-0.1, -0.05) is 285 Å². The minimum atomic E-state index is 0.885. The summed E-state index contributed by atoms with van der Waals surface area (Å²) in [6, 6.07) is 174. The second-order valence-corrected chi connectivity index (χ2v) is 34.6. The Kier molecular flexibility index (Phi) is 20.1. The number of rotatable bonds is 17. The highest BCUT2D eigenvalue weighted by molar-refractivity contribution is 6.29. The predicted octanol–water partition coefficient (Wildman–Crippen LogP) is 34.2. The SMILES string of the molecule is c1ccc(-n2c3cccc4ccc5c(-c6ccc(N(c7ccc8ccccc8c7)c7ccccn7)cc6)ccc2c5c43)cc1.c1ccc(N(c2ccc(-c3cccnc3)cc2)c2ccc(-c3ccc4c5c3ccc3cccc(c35)n4-c3ccccc3)cc2)cc1.c1ccc(N(c2ccc(-c3ccncc3)cc2)c2ccc(-c3ccc4c5c3ccc3cccc(c35)n4-c3ccccc3)cc2)cc1. The van der Waals surface area contributed by atoms with E-state index in [1.54, 1.807) is 0 Å². The molecule has 9 heteroatoms. The molecule has 0 fully saturated rings. The van der Waals surface area contributed by atoms with Gasteiger partial charge in [0.25, 0.3) is 0 Å². The molecule has 0 aliphatic heterocycles. The van der Waals surface area contributed by atoms with Gasteiger partial charge in [0.05, 0.1) is 33.1 Å². The predicted molar refractivity (Wildman–Crippen MR) is 571 cm³/mol. The van der Waals surface area contributed by atoms with Crippen molar-refractivity contribution in [2.75, 3.05) is 14.7 Å². The maximum atomic E-state index is 4.73. The second kappa shape index (κ2) is 34.2. The van der Waals surface area contributed by atoms with Crippen LogP contribution in [0.1, 0.15) is 0 Å². The maximum absolute atomic E-state index is 4.73. The smallest absolute Gasteiger partial charge is 0.137 e. The summed E-state index contributed by atoms with van der Waals surface area (Å²) in [6.45, 7) is 0. The minimum absolute atomic E-state index is 0.885. The minimum Gasteiger partial charge on any atom is -0.311 e. The first-order chi connectivity index (χ1) is 67.5. The van der Waals surface area contributed by atoms with Crippen LogP contribution in [-0.4, -0.2) is 28.7 Å². The molecule has 0 amide bonds. The Morgan fingerprint density at radius 1 is 0.169 bits per heavy atom. The number of nitrogens with zero attached hydrogens (tertiary/aromatic N) is 9. The number of hydrogen-bond acceptors (Lipinski definition) is 6. The van der Waals surface area contributed by atoms with E-state index in [4.69, 9.17) is 4.98 Å². The zero-order valence-electron chi connectivity index (χ0n) is 74.1. The van der Waals surface area contributed by atoms with Crippen LogP contribution in [0.15, 0.2) is 516 Å². The topological polar surface area (TPSA) is 63.2 Å². The molecule has 6 heterocycles. The van der Waals surface area contributed by atoms with Crippen molar-refractivity contribution < 1.29 is 0 Å². The van der Waals surface area contributed by atoms with Crippen LogP contribution in [0.3, 0.4) is 0 Å². The zero-order chi connectivity index (χ0) is 89.9. The van der Waals surface area contributed by atoms with E-state index in [-0.39, 0.29) is 0 Å². The summed E-state index contributed by atoms with van der Waals surface area (Å²) in [5.41, 5.74) is 31.7. The molecular formula is C127H85N9. The number of anilines is 9. The summed E-state index contributed by atoms with van der Waals surface area (Å²) in [5, 5.41) is 18.0. The number of benzene rings is 21. The average Bonchev–Trinajstić information content (AvgIpc) is 1.57. The van der Waals surface area contributed by atoms with Gasteiger partial charge in [-0.15, -0.1) is 0 Å². The normalized spacial score (nSPS) is 11.5. The van der Waals surface area contributed by atoms with Gasteiger partial charge in [-0.05, 0) is 299 Å². The highest BCUT2D eigenvalue weighted by Gasteiger charge is 2.26. The Morgan fingerprint density at radius 2 is 0.493 bits per heavy atom. The van der Waals surface area contributed by atoms with Crippen molar-refractivity contribution in [2.24, 2.45) is 0 Å². The van der Waals surface area contributed by atoms with Gasteiger partial charge in [0.2, 0.25) is 0 Å². The monoisotopic (exact) mass is 1740 g/mol. The van der Waals surface area contributed by atoms with E-state index in [1.807, 2.05) is 61.3 Å². The molecule has 9 nitrogen and oxygen atoms in total. The average molecular weight is 1740 g/mol. The lowest BCUT2D eigenvalue weighted by Crippen LogP contribution is -2.11. The molecule has 27 rings (SSSR count). The third-order valence-corrected chi connectivity index (χ3v) is 26.9. The molecule has 27 aromatic rings. The first-order valence-corrected chi connectivity index (χ1v) is 46.2. The van der Waals surface area contributed by atoms with Gasteiger partial charge in [0.15, 0.2) is 0 Å². The van der Waals surface area contributed by atoms with Crippen molar-refractivity contribution in [3.05, 3.63) is 516 Å². The summed E-state index contributed by atoms with van der Waals surface area (Å²) in [4.78, 5) is 20.0. The van der Waals surface area contributed by atoms with Crippen LogP contribution in [0.4, 0.5) is 51.3 Å². The van der Waals surface area contributed by atoms with Gasteiger partial charge in [0.1, 0.15) is 5.82 Å². The van der Waals surface area contributed by atoms with E-state index in [9.17, 15) is 0 Å². The van der Waals surface area contributed by atoms with E-state index in [2.05, 4.69) is 493 Å². The van der Waals surface area contributed by atoms with Crippen molar-refractivity contribution in [1.29, 1.82) is 0 Å². The molecule has 0 saturated carbocycles. The number of para-hydroxylation sites is 5. The molecule has 0 N–H and O–H groups in total. The molecule has 6 aromatic heterocycles. The fourth-order valence-electron chi connectivity index (χ4n) is 20.7. The van der Waals surface area contributed by atoms with Crippen molar-refractivity contribution in [3.8, 4) is 72.7 Å². The third-order valence-electron chi connectivity index (χ3n) is 26.9. The molecule has 0 atom stereocenters. The van der Waals surface area contributed by atoms with Crippen LogP contribution >= 0.6 is 0 Å². The highest BCUT2D eigenvalue weighted by atomic mass is 15.2. The summed E-state index contributed by atoms with van der Waals surface area (Å²) in [5.74, 6) is 0.885. The fourth-order valence-corrected chi connectivity index (χ4v) is 20.7. The third kappa shape index (κ3) is 14.2. The Bertz CT molecular complexity index is 8600. The standard InChI is InChI=1S/2C43H29N3.C41H27N3/c1-3-11-34(12-4-1)45(36-21-16-30(17-22-36)33-10-8-28-44-29-33)37-23-18-31(19-24-37)38-26-27-41-43-39(38)25-20-32-9-7-15-40(42(32)43)46(41)35-13-5-2-6-14-35;1-3-9-34(10-4-1)45(36-19-14-30(15-20-36)31-26-28-44-29-27-31)37-21-16-32(17-22-37)38-24-25-41-43-39(38)23-18-33-8-7-13-40(42(33)43)46(41)35-11-5-2-6-12-35;1-2-12-32(13-3-1)44-37-14-8-11-30-19-23-36-35(24-25-38(44)41(36)40(30)37)29-17-20-33(21-18-29)43(39-15-6-7-26-42-39)34-22-16-28-9-4-5-10-31(28)27-34/h2*1-29H;1-27H. The van der Waals surface area contributed by atoms with Crippen LogP contribution in [0.2, 0.25) is 0 Å². The summed E-state index contributed by atoms with van der Waals surface area (Å²) in [6.07, 6.45) is 9.24. The Labute approximate surface area is 786 Å². The number of aromatic nitrogens is 6. The van der Waals surface area contributed by atoms with Crippen molar-refractivity contribution >= 4 is 160 Å². The van der Waals surface area contributed by atoms with Crippen molar-refractivity contribution in [3.63, 3.8) is 0 Å². The van der Waals surface area contributed by atoms with Gasteiger partial charge in [-0.3, -0.25) is 14.9 Å². The van der Waals surface area contributed by atoms with Crippen LogP contribution in [0.25, 0.3) is 181 Å². The van der Waals surface area contributed by atoms with Gasteiger partial charge in [-0.25, -0.2) is 4.98 Å². The highest BCUT2D eigenvalue weighted by Crippen LogP contribution is 2.50. The van der Waals surface area contributed by atoms with Gasteiger partial charge in [-0.2, -0.15) is 0 Å². The molecule has 136 heavy (non-hydrogen) atoms. The van der Waals surface area contributed by atoms with Gasteiger partial charge >= 0.3 is 0 Å². The summed E-state index contributed by atoms with van der Waals surface area (Å²) >= 11 is 0. The van der Waals surface area contributed by atoms with Crippen LogP contribution in [0.5, 0.6) is 0 Å². The molecule has 0 unspecified atom stereocenters. The van der Waals surface area contributed by atoms with E-state index < -0.39 is 0 Å². The molecule has 21 aromatic carbocycles. The van der Waals surface area contributed by atoms with Crippen molar-refractivity contribution in [1.82, 2.24) is 28.7 Å². The van der Waals surface area contributed by atoms with E-state index >= 15 is 0 Å². The second-order valence-electron chi connectivity index (χ2n) is 34.6.